The average Bonchev–Trinajstić information content (AvgIpc) is 2.40. The van der Waals surface area contributed by atoms with Crippen molar-refractivity contribution in [2.75, 3.05) is 24.8 Å². The Morgan fingerprint density at radius 3 is 2.63 bits per heavy atom. The van der Waals surface area contributed by atoms with E-state index in [-0.39, 0.29) is 5.82 Å². The maximum Gasteiger partial charge on any atom is 0.148 e. The molecule has 1 heterocycles. The predicted molar refractivity (Wildman–Crippen MR) is 73.7 cm³/mol. The second kappa shape index (κ2) is 5.56. The lowest BCUT2D eigenvalue weighted by atomic mass is 10.2. The van der Waals surface area contributed by atoms with Crippen molar-refractivity contribution in [1.29, 1.82) is 0 Å². The van der Waals surface area contributed by atoms with Crippen LogP contribution in [0.5, 0.6) is 5.75 Å². The fourth-order valence-corrected chi connectivity index (χ4v) is 1.87. The minimum atomic E-state index is -0.366. The Hall–Kier alpha value is -2.30. The van der Waals surface area contributed by atoms with E-state index in [1.54, 1.807) is 23.4 Å². The number of methoxy groups -OCH3 is 1. The zero-order valence-electron chi connectivity index (χ0n) is 10.9. The zero-order valence-corrected chi connectivity index (χ0v) is 10.9. The summed E-state index contributed by atoms with van der Waals surface area (Å²) in [5, 5.41) is 0. The summed E-state index contributed by atoms with van der Waals surface area (Å²) in [7, 11) is 3.32. The molecular formula is C14H16FN3O. The SMILES string of the molecule is COc1cc(N(C)Cc2ccncc2)c(F)cc1N. The molecule has 100 valence electrons. The molecule has 19 heavy (non-hydrogen) atoms. The zero-order chi connectivity index (χ0) is 13.8. The van der Waals surface area contributed by atoms with Gasteiger partial charge in [0.1, 0.15) is 11.6 Å². The van der Waals surface area contributed by atoms with Gasteiger partial charge in [-0.15, -0.1) is 0 Å². The van der Waals surface area contributed by atoms with Gasteiger partial charge in [0.2, 0.25) is 0 Å². The molecule has 0 saturated carbocycles. The Morgan fingerprint density at radius 2 is 2.00 bits per heavy atom. The summed E-state index contributed by atoms with van der Waals surface area (Å²) in [6, 6.07) is 6.66. The van der Waals surface area contributed by atoms with Crippen LogP contribution in [0, 0.1) is 5.82 Å². The molecule has 0 fully saturated rings. The highest BCUT2D eigenvalue weighted by Gasteiger charge is 2.12. The Morgan fingerprint density at radius 1 is 1.32 bits per heavy atom. The van der Waals surface area contributed by atoms with Crippen molar-refractivity contribution in [3.05, 3.63) is 48.0 Å². The molecule has 2 aromatic rings. The number of nitrogen functional groups attached to an aromatic ring is 1. The van der Waals surface area contributed by atoms with Gasteiger partial charge in [-0.3, -0.25) is 4.98 Å². The third-order valence-electron chi connectivity index (χ3n) is 2.88. The normalized spacial score (nSPS) is 10.3. The first kappa shape index (κ1) is 13.1. The quantitative estimate of drug-likeness (QED) is 0.859. The van der Waals surface area contributed by atoms with Crippen molar-refractivity contribution >= 4 is 11.4 Å². The third kappa shape index (κ3) is 2.93. The number of ether oxygens (including phenoxy) is 1. The minimum absolute atomic E-state index is 0.293. The highest BCUT2D eigenvalue weighted by molar-refractivity contribution is 5.63. The summed E-state index contributed by atoms with van der Waals surface area (Å²) in [5.41, 5.74) is 7.45. The van der Waals surface area contributed by atoms with Gasteiger partial charge in [0.25, 0.3) is 0 Å². The summed E-state index contributed by atoms with van der Waals surface area (Å²) >= 11 is 0. The van der Waals surface area contributed by atoms with Crippen LogP contribution in [0.4, 0.5) is 15.8 Å². The number of benzene rings is 1. The van der Waals surface area contributed by atoms with Crippen LogP contribution in [0.25, 0.3) is 0 Å². The maximum absolute atomic E-state index is 13.9. The number of nitrogens with two attached hydrogens (primary N) is 1. The van der Waals surface area contributed by atoms with Crippen LogP contribution in [-0.4, -0.2) is 19.1 Å². The highest BCUT2D eigenvalue weighted by Crippen LogP contribution is 2.30. The van der Waals surface area contributed by atoms with Gasteiger partial charge in [-0.25, -0.2) is 4.39 Å². The fraction of sp³-hybridized carbons (Fsp3) is 0.214. The van der Waals surface area contributed by atoms with E-state index in [2.05, 4.69) is 4.98 Å². The molecule has 0 aliphatic heterocycles. The van der Waals surface area contributed by atoms with E-state index in [0.717, 1.165) is 5.56 Å². The lowest BCUT2D eigenvalue weighted by molar-refractivity contribution is 0.416. The van der Waals surface area contributed by atoms with Crippen LogP contribution in [0.3, 0.4) is 0 Å². The summed E-state index contributed by atoms with van der Waals surface area (Å²) < 4.78 is 19.0. The smallest absolute Gasteiger partial charge is 0.148 e. The first-order chi connectivity index (χ1) is 9.11. The molecule has 0 atom stereocenters. The van der Waals surface area contributed by atoms with E-state index in [4.69, 9.17) is 10.5 Å². The lowest BCUT2D eigenvalue weighted by Gasteiger charge is -2.21. The molecule has 2 rings (SSSR count). The molecule has 0 amide bonds. The van der Waals surface area contributed by atoms with Crippen molar-refractivity contribution in [2.24, 2.45) is 0 Å². The minimum Gasteiger partial charge on any atom is -0.495 e. The maximum atomic E-state index is 13.9. The molecule has 0 radical (unpaired) electrons. The number of aromatic nitrogens is 1. The van der Waals surface area contributed by atoms with Crippen molar-refractivity contribution in [1.82, 2.24) is 4.98 Å². The summed E-state index contributed by atoms with van der Waals surface area (Å²) in [4.78, 5) is 5.75. The van der Waals surface area contributed by atoms with E-state index in [9.17, 15) is 4.39 Å². The van der Waals surface area contributed by atoms with Crippen LogP contribution in [0.15, 0.2) is 36.7 Å². The van der Waals surface area contributed by atoms with Gasteiger partial charge in [-0.2, -0.15) is 0 Å². The Balaban J connectivity index is 2.26. The molecule has 0 aliphatic carbocycles. The molecule has 1 aromatic carbocycles. The lowest BCUT2D eigenvalue weighted by Crippen LogP contribution is -2.18. The van der Waals surface area contributed by atoms with Crippen molar-refractivity contribution < 1.29 is 9.13 Å². The summed E-state index contributed by atoms with van der Waals surface area (Å²) in [6.07, 6.45) is 3.42. The number of nitrogens with zero attached hydrogens (tertiary/aromatic N) is 2. The number of rotatable bonds is 4. The molecule has 0 bridgehead atoms. The first-order valence-corrected chi connectivity index (χ1v) is 5.85. The first-order valence-electron chi connectivity index (χ1n) is 5.85. The highest BCUT2D eigenvalue weighted by atomic mass is 19.1. The van der Waals surface area contributed by atoms with Crippen LogP contribution >= 0.6 is 0 Å². The number of hydrogen-bond donors (Lipinski definition) is 1. The number of anilines is 2. The van der Waals surface area contributed by atoms with E-state index in [0.29, 0.717) is 23.7 Å². The molecule has 1 aromatic heterocycles. The number of pyridine rings is 1. The molecule has 4 nitrogen and oxygen atoms in total. The van der Waals surface area contributed by atoms with E-state index in [1.165, 1.54) is 13.2 Å². The van der Waals surface area contributed by atoms with Gasteiger partial charge < -0.3 is 15.4 Å². The number of hydrogen-bond acceptors (Lipinski definition) is 4. The van der Waals surface area contributed by atoms with E-state index in [1.807, 2.05) is 19.2 Å². The topological polar surface area (TPSA) is 51.4 Å². The molecule has 0 aliphatic rings. The molecule has 0 saturated heterocycles. The second-order valence-corrected chi connectivity index (χ2v) is 4.26. The summed E-state index contributed by atoms with van der Waals surface area (Å²) in [6.45, 7) is 0.576. The van der Waals surface area contributed by atoms with E-state index < -0.39 is 0 Å². The second-order valence-electron chi connectivity index (χ2n) is 4.26. The molecule has 5 heteroatoms. The predicted octanol–water partition coefficient (Wildman–Crippen LogP) is 2.45. The van der Waals surface area contributed by atoms with Crippen LogP contribution < -0.4 is 15.4 Å². The van der Waals surface area contributed by atoms with E-state index >= 15 is 0 Å². The summed E-state index contributed by atoms with van der Waals surface area (Å²) in [5.74, 6) is 0.104. The monoisotopic (exact) mass is 261 g/mol. The Kier molecular flexibility index (Phi) is 3.85. The molecule has 2 N–H and O–H groups in total. The Labute approximate surface area is 111 Å². The van der Waals surface area contributed by atoms with Crippen LogP contribution in [0.2, 0.25) is 0 Å². The average molecular weight is 261 g/mol. The molecule has 0 spiro atoms. The van der Waals surface area contributed by atoms with Gasteiger partial charge in [-0.05, 0) is 17.7 Å². The van der Waals surface area contributed by atoms with Gasteiger partial charge in [-0.1, -0.05) is 0 Å². The van der Waals surface area contributed by atoms with Crippen molar-refractivity contribution in [3.8, 4) is 5.75 Å². The Bertz CT molecular complexity index is 560. The van der Waals surface area contributed by atoms with Gasteiger partial charge in [0, 0.05) is 38.1 Å². The third-order valence-corrected chi connectivity index (χ3v) is 2.88. The fourth-order valence-electron chi connectivity index (χ4n) is 1.87. The van der Waals surface area contributed by atoms with Gasteiger partial charge in [0.05, 0.1) is 18.5 Å². The van der Waals surface area contributed by atoms with Gasteiger partial charge in [0.15, 0.2) is 0 Å². The van der Waals surface area contributed by atoms with Crippen molar-refractivity contribution in [3.63, 3.8) is 0 Å². The standard InChI is InChI=1S/C14H16FN3O/c1-18(9-10-3-5-17-6-4-10)13-8-14(19-2)12(16)7-11(13)15/h3-8H,9,16H2,1-2H3. The largest absolute Gasteiger partial charge is 0.495 e. The van der Waals surface area contributed by atoms with Gasteiger partial charge >= 0.3 is 0 Å². The van der Waals surface area contributed by atoms with Crippen LogP contribution in [0.1, 0.15) is 5.56 Å². The van der Waals surface area contributed by atoms with Crippen LogP contribution in [-0.2, 0) is 6.54 Å². The number of halogens is 1. The molecule has 0 unspecified atom stereocenters. The van der Waals surface area contributed by atoms with Crippen molar-refractivity contribution in [2.45, 2.75) is 6.54 Å². The molecular weight excluding hydrogens is 245 g/mol.